The molecule has 0 atom stereocenters. The molecule has 0 saturated carbocycles. The van der Waals surface area contributed by atoms with Crippen LogP contribution >= 0.6 is 0 Å². The average molecular weight is 388 g/mol. The molecule has 0 fully saturated rings. The van der Waals surface area contributed by atoms with Crippen molar-refractivity contribution in [3.05, 3.63) is 12.2 Å². The van der Waals surface area contributed by atoms with Crippen LogP contribution in [0.3, 0.4) is 0 Å². The molecule has 0 aromatic heterocycles. The molecular weight excluding hydrogens is 378 g/mol. The summed E-state index contributed by atoms with van der Waals surface area (Å²) in [4.78, 5) is 22.1. The molecule has 7 nitrogen and oxygen atoms in total. The third-order valence-electron chi connectivity index (χ3n) is 2.26. The third-order valence-corrected chi connectivity index (χ3v) is 3.03. The van der Waals surface area contributed by atoms with Crippen molar-refractivity contribution in [2.45, 2.75) is 24.9 Å². The summed E-state index contributed by atoms with van der Waals surface area (Å²) < 4.78 is 113. The zero-order valence-corrected chi connectivity index (χ0v) is 12.5. The Labute approximate surface area is 131 Å². The van der Waals surface area contributed by atoms with Crippen LogP contribution in [0.25, 0.3) is 0 Å². The number of hydrogen-bond acceptors (Lipinski definition) is 6. The van der Waals surface area contributed by atoms with E-state index in [1.54, 1.807) is 0 Å². The Hall–Kier alpha value is -1.83. The van der Waals surface area contributed by atoms with Gasteiger partial charge in [0, 0.05) is 5.57 Å². The van der Waals surface area contributed by atoms with Gasteiger partial charge in [-0.05, 0) is 6.92 Å². The number of alkyl halides is 6. The van der Waals surface area contributed by atoms with Gasteiger partial charge in [0.25, 0.3) is 10.1 Å². The van der Waals surface area contributed by atoms with E-state index in [0.29, 0.717) is 0 Å². The zero-order chi connectivity index (χ0) is 19.6. The van der Waals surface area contributed by atoms with E-state index in [0.717, 1.165) is 6.92 Å². The van der Waals surface area contributed by atoms with Crippen LogP contribution in [-0.2, 0) is 29.2 Å². The average Bonchev–Trinajstić information content (AvgIpc) is 2.30. The van der Waals surface area contributed by atoms with E-state index in [1.165, 1.54) is 0 Å². The van der Waals surface area contributed by atoms with Crippen molar-refractivity contribution in [3.8, 4) is 0 Å². The first-order chi connectivity index (χ1) is 10.4. The second-order valence-electron chi connectivity index (χ2n) is 4.38. The fourth-order valence-corrected chi connectivity index (χ4v) is 2.10. The zero-order valence-electron chi connectivity index (χ0n) is 11.7. The summed E-state index contributed by atoms with van der Waals surface area (Å²) in [6.45, 7) is 2.43. The van der Waals surface area contributed by atoms with Crippen LogP contribution in [0.15, 0.2) is 12.2 Å². The van der Waals surface area contributed by atoms with E-state index in [2.05, 4.69) is 16.1 Å². The van der Waals surface area contributed by atoms with Crippen molar-refractivity contribution >= 4 is 22.1 Å². The normalized spacial score (nSPS) is 13.3. The summed E-state index contributed by atoms with van der Waals surface area (Å²) in [5, 5.41) is 0. The van der Waals surface area contributed by atoms with E-state index in [1.807, 2.05) is 0 Å². The number of ether oxygens (including phenoxy) is 2. The highest BCUT2D eigenvalue weighted by Crippen LogP contribution is 2.46. The molecule has 0 heterocycles. The van der Waals surface area contributed by atoms with E-state index in [-0.39, 0.29) is 5.57 Å². The highest BCUT2D eigenvalue weighted by molar-refractivity contribution is 7.85. The Balaban J connectivity index is 5.68. The van der Waals surface area contributed by atoms with Gasteiger partial charge >= 0.3 is 29.9 Å². The predicted octanol–water partition coefficient (Wildman–Crippen LogP) is 1.40. The van der Waals surface area contributed by atoms with Crippen LogP contribution in [0, 0.1) is 0 Å². The lowest BCUT2D eigenvalue weighted by Gasteiger charge is -2.35. The summed E-state index contributed by atoms with van der Waals surface area (Å²) >= 11 is 0. The van der Waals surface area contributed by atoms with Gasteiger partial charge in [-0.2, -0.15) is 34.8 Å². The molecule has 0 saturated heterocycles. The minimum absolute atomic E-state index is 0.321. The molecule has 0 aliphatic rings. The molecule has 0 aliphatic carbocycles. The second kappa shape index (κ2) is 6.96. The molecule has 0 bridgehead atoms. The number of hydrogen-bond donors (Lipinski definition) is 1. The molecule has 0 aromatic carbocycles. The molecule has 140 valence electrons. The van der Waals surface area contributed by atoms with Crippen molar-refractivity contribution in [1.29, 1.82) is 0 Å². The molecule has 0 rings (SSSR count). The Morgan fingerprint density at radius 2 is 1.50 bits per heavy atom. The maximum absolute atomic E-state index is 12.8. The number of esters is 2. The molecule has 14 heteroatoms. The molecular formula is C10H10F6O7S. The lowest BCUT2D eigenvalue weighted by Crippen LogP contribution is -2.63. The van der Waals surface area contributed by atoms with Gasteiger partial charge < -0.3 is 9.47 Å². The lowest BCUT2D eigenvalue weighted by atomic mass is 10.1. The fraction of sp³-hybridized carbons (Fsp3) is 0.600. The van der Waals surface area contributed by atoms with Gasteiger partial charge in [0.15, 0.2) is 6.61 Å². The minimum Gasteiger partial charge on any atom is -0.450 e. The smallest absolute Gasteiger partial charge is 0.438 e. The van der Waals surface area contributed by atoms with E-state index < -0.39 is 52.4 Å². The fourth-order valence-electron chi connectivity index (χ4n) is 1.20. The molecule has 0 aromatic rings. The van der Waals surface area contributed by atoms with Crippen LogP contribution in [0.4, 0.5) is 26.3 Å². The largest absolute Gasteiger partial charge is 0.450 e. The summed E-state index contributed by atoms with van der Waals surface area (Å²) in [6.07, 6.45) is -12.9. The molecule has 0 unspecified atom stereocenters. The monoisotopic (exact) mass is 388 g/mol. The summed E-state index contributed by atoms with van der Waals surface area (Å²) in [5.41, 5.74) is -5.86. The highest BCUT2D eigenvalue weighted by atomic mass is 32.2. The second-order valence-corrected chi connectivity index (χ2v) is 5.83. The van der Waals surface area contributed by atoms with Crippen molar-refractivity contribution in [2.75, 3.05) is 12.4 Å². The van der Waals surface area contributed by atoms with Gasteiger partial charge in [0.1, 0.15) is 5.75 Å². The van der Waals surface area contributed by atoms with Gasteiger partial charge in [0.2, 0.25) is 0 Å². The number of carbonyl (C=O) groups excluding carboxylic acids is 2. The Morgan fingerprint density at radius 1 is 1.08 bits per heavy atom. The van der Waals surface area contributed by atoms with Gasteiger partial charge in [-0.3, -0.25) is 4.55 Å². The van der Waals surface area contributed by atoms with Gasteiger partial charge in [-0.15, -0.1) is 0 Å². The first-order valence-corrected chi connectivity index (χ1v) is 7.17. The molecule has 0 radical (unpaired) electrons. The molecule has 1 N–H and O–H groups in total. The summed E-state index contributed by atoms with van der Waals surface area (Å²) in [5.74, 6) is -6.68. The number of rotatable bonds is 6. The molecule has 24 heavy (non-hydrogen) atoms. The lowest BCUT2D eigenvalue weighted by molar-refractivity contribution is -0.361. The van der Waals surface area contributed by atoms with E-state index >= 15 is 0 Å². The summed E-state index contributed by atoms with van der Waals surface area (Å²) in [6, 6.07) is 0. The van der Waals surface area contributed by atoms with Crippen LogP contribution < -0.4 is 0 Å². The van der Waals surface area contributed by atoms with Crippen LogP contribution in [0.1, 0.15) is 6.92 Å². The molecule has 0 spiro atoms. The van der Waals surface area contributed by atoms with Gasteiger partial charge in [0.05, 0.1) is 0 Å². The Bertz CT molecular complexity index is 605. The Kier molecular flexibility index (Phi) is 6.43. The van der Waals surface area contributed by atoms with Crippen LogP contribution in [0.2, 0.25) is 0 Å². The number of carbonyl (C=O) groups is 2. The van der Waals surface area contributed by atoms with E-state index in [4.69, 9.17) is 4.55 Å². The molecule has 0 amide bonds. The van der Waals surface area contributed by atoms with Crippen molar-refractivity contribution < 1.29 is 58.4 Å². The summed E-state index contributed by atoms with van der Waals surface area (Å²) in [7, 11) is -5.88. The Morgan fingerprint density at radius 3 is 1.79 bits per heavy atom. The first-order valence-electron chi connectivity index (χ1n) is 5.56. The van der Waals surface area contributed by atoms with Gasteiger partial charge in [-0.1, -0.05) is 6.58 Å². The quantitative estimate of drug-likeness (QED) is 0.317. The predicted molar refractivity (Wildman–Crippen MR) is 63.1 cm³/mol. The third kappa shape index (κ3) is 5.67. The first kappa shape index (κ1) is 22.2. The van der Waals surface area contributed by atoms with E-state index in [9.17, 15) is 44.3 Å². The standard InChI is InChI=1S/C10H10F6O7S/c1-5(2)7(18)22-3-6(17)23-8(9(11,12)13,10(14,15)16)4-24(19,20)21/h1,3-4H2,2H3,(H,19,20,21). The van der Waals surface area contributed by atoms with Crippen LogP contribution in [0.5, 0.6) is 0 Å². The van der Waals surface area contributed by atoms with Crippen molar-refractivity contribution in [1.82, 2.24) is 0 Å². The highest BCUT2D eigenvalue weighted by Gasteiger charge is 2.75. The van der Waals surface area contributed by atoms with Gasteiger partial charge in [-0.25, -0.2) is 9.59 Å². The maximum atomic E-state index is 12.8. The number of halogens is 6. The molecule has 0 aliphatic heterocycles. The topological polar surface area (TPSA) is 107 Å². The SMILES string of the molecule is C=C(C)C(=O)OCC(=O)OC(CS(=O)(=O)O)(C(F)(F)F)C(F)(F)F. The van der Waals surface area contributed by atoms with Crippen molar-refractivity contribution in [3.63, 3.8) is 0 Å². The van der Waals surface area contributed by atoms with Crippen LogP contribution in [-0.4, -0.2) is 55.2 Å². The minimum atomic E-state index is -6.45. The maximum Gasteiger partial charge on any atom is 0.438 e. The van der Waals surface area contributed by atoms with Crippen molar-refractivity contribution in [2.24, 2.45) is 0 Å².